The Morgan fingerprint density at radius 3 is 2.70 bits per heavy atom. The zero-order valence-electron chi connectivity index (χ0n) is 11.5. The van der Waals surface area contributed by atoms with Gasteiger partial charge in [0.05, 0.1) is 5.92 Å². The van der Waals surface area contributed by atoms with Crippen LogP contribution >= 0.6 is 23.9 Å². The number of hydrogen-bond acceptors (Lipinski definition) is 6. The first-order chi connectivity index (χ1) is 9.24. The Morgan fingerprint density at radius 2 is 2.10 bits per heavy atom. The minimum absolute atomic E-state index is 0. The van der Waals surface area contributed by atoms with Gasteiger partial charge in [0, 0.05) is 50.8 Å². The number of anilines is 1. The second-order valence-electron chi connectivity index (χ2n) is 5.15. The van der Waals surface area contributed by atoms with Gasteiger partial charge in [-0.2, -0.15) is 4.37 Å². The van der Waals surface area contributed by atoms with Crippen LogP contribution in [0.25, 0.3) is 0 Å². The molecule has 3 rings (SSSR count). The lowest BCUT2D eigenvalue weighted by Gasteiger charge is -2.31. The first-order valence-corrected chi connectivity index (χ1v) is 7.56. The monoisotopic (exact) mass is 317 g/mol. The fourth-order valence-corrected chi connectivity index (χ4v) is 3.19. The molecular formula is C12H20ClN5OS. The minimum atomic E-state index is 0. The molecule has 2 aliphatic heterocycles. The molecule has 0 aliphatic carbocycles. The lowest BCUT2D eigenvalue weighted by atomic mass is 10.0. The molecule has 0 atom stereocenters. The maximum atomic E-state index is 12.2. The first kappa shape index (κ1) is 15.5. The van der Waals surface area contributed by atoms with Crippen molar-refractivity contribution >= 4 is 35.0 Å². The number of aryl methyl sites for hydroxylation is 1. The molecule has 0 spiro atoms. The van der Waals surface area contributed by atoms with Crippen LogP contribution in [0.1, 0.15) is 12.2 Å². The molecule has 0 bridgehead atoms. The Balaban J connectivity index is 0.00000147. The second kappa shape index (κ2) is 6.69. The zero-order chi connectivity index (χ0) is 13.2. The molecule has 6 nitrogen and oxygen atoms in total. The average Bonchev–Trinajstić information content (AvgIpc) is 2.62. The van der Waals surface area contributed by atoms with Crippen LogP contribution in [0.15, 0.2) is 0 Å². The number of halogens is 1. The Bertz CT molecular complexity index is 464. The van der Waals surface area contributed by atoms with Crippen molar-refractivity contribution in [2.24, 2.45) is 5.92 Å². The highest BCUT2D eigenvalue weighted by molar-refractivity contribution is 7.09. The van der Waals surface area contributed by atoms with Gasteiger partial charge in [-0.1, -0.05) is 0 Å². The fourth-order valence-electron chi connectivity index (χ4n) is 2.47. The van der Waals surface area contributed by atoms with Crippen LogP contribution < -0.4 is 10.2 Å². The molecule has 1 aromatic rings. The summed E-state index contributed by atoms with van der Waals surface area (Å²) in [5, 5.41) is 4.14. The Morgan fingerprint density at radius 1 is 1.30 bits per heavy atom. The molecular weight excluding hydrogens is 298 g/mol. The quantitative estimate of drug-likeness (QED) is 0.862. The largest absolute Gasteiger partial charge is 0.345 e. The summed E-state index contributed by atoms with van der Waals surface area (Å²) in [6, 6.07) is 0. The summed E-state index contributed by atoms with van der Waals surface area (Å²) in [6.45, 7) is 7.08. The standard InChI is InChI=1S/C12H19N5OS.ClH/c1-9-14-12(19-15-9)17-4-2-3-16(5-6-17)11(18)10-7-13-8-10;/h10,13H,2-8H2,1H3;1H. The third-order valence-corrected chi connectivity index (χ3v) is 4.59. The zero-order valence-corrected chi connectivity index (χ0v) is 13.2. The van der Waals surface area contributed by atoms with E-state index in [0.717, 1.165) is 56.6 Å². The molecule has 0 unspecified atom stereocenters. The summed E-state index contributed by atoms with van der Waals surface area (Å²) in [7, 11) is 0. The third-order valence-electron chi connectivity index (χ3n) is 3.73. The van der Waals surface area contributed by atoms with E-state index in [1.54, 1.807) is 0 Å². The molecule has 1 amide bonds. The highest BCUT2D eigenvalue weighted by atomic mass is 35.5. The van der Waals surface area contributed by atoms with Gasteiger partial charge < -0.3 is 15.1 Å². The summed E-state index contributed by atoms with van der Waals surface area (Å²) in [6.07, 6.45) is 1.00. The van der Waals surface area contributed by atoms with Crippen molar-refractivity contribution < 1.29 is 4.79 Å². The van der Waals surface area contributed by atoms with Crippen LogP contribution in [0.2, 0.25) is 0 Å². The molecule has 2 saturated heterocycles. The Kier molecular flexibility index (Phi) is 5.17. The minimum Gasteiger partial charge on any atom is -0.345 e. The highest BCUT2D eigenvalue weighted by Crippen LogP contribution is 2.19. The van der Waals surface area contributed by atoms with Crippen LogP contribution in [0.5, 0.6) is 0 Å². The van der Waals surface area contributed by atoms with Crippen LogP contribution in [0.4, 0.5) is 5.13 Å². The number of rotatable bonds is 2. The summed E-state index contributed by atoms with van der Waals surface area (Å²) < 4.78 is 4.23. The SMILES string of the molecule is Cc1nsc(N2CCCN(C(=O)C3CNC3)CC2)n1.Cl. The van der Waals surface area contributed by atoms with Gasteiger partial charge in [-0.3, -0.25) is 4.79 Å². The molecule has 2 aliphatic rings. The molecule has 8 heteroatoms. The van der Waals surface area contributed by atoms with E-state index in [1.807, 2.05) is 11.8 Å². The maximum Gasteiger partial charge on any atom is 0.228 e. The predicted molar refractivity (Wildman–Crippen MR) is 81.7 cm³/mol. The van der Waals surface area contributed by atoms with Gasteiger partial charge in [-0.25, -0.2) is 4.98 Å². The Hall–Kier alpha value is -0.920. The fraction of sp³-hybridized carbons (Fsp3) is 0.750. The van der Waals surface area contributed by atoms with Crippen LogP contribution in [-0.2, 0) is 4.79 Å². The third kappa shape index (κ3) is 3.21. The normalized spacial score (nSPS) is 20.1. The smallest absolute Gasteiger partial charge is 0.228 e. The van der Waals surface area contributed by atoms with Crippen molar-refractivity contribution in [2.45, 2.75) is 13.3 Å². The van der Waals surface area contributed by atoms with Gasteiger partial charge in [0.15, 0.2) is 0 Å². The molecule has 1 N–H and O–H groups in total. The molecule has 0 aromatic carbocycles. The van der Waals surface area contributed by atoms with Crippen molar-refractivity contribution in [3.63, 3.8) is 0 Å². The van der Waals surface area contributed by atoms with Crippen LogP contribution in [0.3, 0.4) is 0 Å². The van der Waals surface area contributed by atoms with Gasteiger partial charge in [-0.05, 0) is 13.3 Å². The van der Waals surface area contributed by atoms with E-state index in [1.165, 1.54) is 11.5 Å². The summed E-state index contributed by atoms with van der Waals surface area (Å²) in [5.74, 6) is 1.35. The number of nitrogens with zero attached hydrogens (tertiary/aromatic N) is 4. The van der Waals surface area contributed by atoms with Gasteiger partial charge in [0.25, 0.3) is 0 Å². The lowest BCUT2D eigenvalue weighted by Crippen LogP contribution is -2.52. The first-order valence-electron chi connectivity index (χ1n) is 6.79. The number of nitrogens with one attached hydrogen (secondary N) is 1. The maximum absolute atomic E-state index is 12.2. The summed E-state index contributed by atoms with van der Waals surface area (Å²) >= 11 is 1.45. The molecule has 112 valence electrons. The van der Waals surface area contributed by atoms with Crippen molar-refractivity contribution in [1.29, 1.82) is 0 Å². The number of hydrogen-bond donors (Lipinski definition) is 1. The predicted octanol–water partition coefficient (Wildman–Crippen LogP) is 0.526. The number of aromatic nitrogens is 2. The average molecular weight is 318 g/mol. The van der Waals surface area contributed by atoms with Gasteiger partial charge in [0.1, 0.15) is 5.82 Å². The van der Waals surface area contributed by atoms with Crippen molar-refractivity contribution in [1.82, 2.24) is 19.6 Å². The number of carbonyl (C=O) groups excluding carboxylic acids is 1. The van der Waals surface area contributed by atoms with E-state index in [4.69, 9.17) is 0 Å². The summed E-state index contributed by atoms with van der Waals surface area (Å²) in [5.41, 5.74) is 0. The van der Waals surface area contributed by atoms with Crippen molar-refractivity contribution in [2.75, 3.05) is 44.2 Å². The van der Waals surface area contributed by atoms with E-state index in [0.29, 0.717) is 5.91 Å². The molecule has 0 radical (unpaired) electrons. The van der Waals surface area contributed by atoms with E-state index in [9.17, 15) is 4.79 Å². The highest BCUT2D eigenvalue weighted by Gasteiger charge is 2.30. The number of carbonyl (C=O) groups is 1. The van der Waals surface area contributed by atoms with Crippen LogP contribution in [0, 0.1) is 12.8 Å². The van der Waals surface area contributed by atoms with Gasteiger partial charge in [0.2, 0.25) is 11.0 Å². The summed E-state index contributed by atoms with van der Waals surface area (Å²) in [4.78, 5) is 20.9. The molecule has 3 heterocycles. The number of amides is 1. The lowest BCUT2D eigenvalue weighted by molar-refractivity contribution is -0.136. The molecule has 20 heavy (non-hydrogen) atoms. The molecule has 0 saturated carbocycles. The van der Waals surface area contributed by atoms with Gasteiger partial charge >= 0.3 is 0 Å². The Labute approximate surface area is 129 Å². The van der Waals surface area contributed by atoms with E-state index < -0.39 is 0 Å². The van der Waals surface area contributed by atoms with Crippen LogP contribution in [-0.4, -0.2) is 59.4 Å². The van der Waals surface area contributed by atoms with Crippen molar-refractivity contribution in [3.05, 3.63) is 5.82 Å². The van der Waals surface area contributed by atoms with Gasteiger partial charge in [-0.15, -0.1) is 12.4 Å². The second-order valence-corrected chi connectivity index (χ2v) is 5.88. The van der Waals surface area contributed by atoms with E-state index in [-0.39, 0.29) is 18.3 Å². The molecule has 1 aromatic heterocycles. The van der Waals surface area contributed by atoms with Crippen molar-refractivity contribution in [3.8, 4) is 0 Å². The van der Waals surface area contributed by atoms with E-state index >= 15 is 0 Å². The van der Waals surface area contributed by atoms with E-state index in [2.05, 4.69) is 19.6 Å². The molecule has 2 fully saturated rings. The topological polar surface area (TPSA) is 61.4 Å².